The van der Waals surface area contributed by atoms with E-state index in [0.717, 1.165) is 0 Å². The molecular weight excluding hydrogens is 293 g/mol. The number of halogens is 3. The number of rotatable bonds is 2. The quantitative estimate of drug-likeness (QED) is 0.516. The van der Waals surface area contributed by atoms with Gasteiger partial charge in [0.05, 0.1) is 5.69 Å². The van der Waals surface area contributed by atoms with Crippen LogP contribution in [0.15, 0.2) is 6.07 Å². The number of anilines is 1. The molecule has 6 heteroatoms. The number of hydrogen-bond donors (Lipinski definition) is 1. The van der Waals surface area contributed by atoms with Crippen LogP contribution >= 0.6 is 22.6 Å². The van der Waals surface area contributed by atoms with Gasteiger partial charge in [-0.2, -0.15) is 0 Å². The number of nitrogens with two attached hydrogens (primary N) is 1. The van der Waals surface area contributed by atoms with E-state index in [2.05, 4.69) is 4.98 Å². The van der Waals surface area contributed by atoms with Crippen LogP contribution in [0.1, 0.15) is 22.5 Å². The number of hydrogen-bond acceptors (Lipinski definition) is 3. The van der Waals surface area contributed by atoms with Gasteiger partial charge >= 0.3 is 0 Å². The van der Waals surface area contributed by atoms with E-state index in [9.17, 15) is 13.6 Å². The zero-order valence-electron chi connectivity index (χ0n) is 6.30. The van der Waals surface area contributed by atoms with Crippen molar-refractivity contribution in [1.29, 1.82) is 0 Å². The number of carbonyl (C=O) groups is 1. The first-order valence-electron chi connectivity index (χ1n) is 3.25. The van der Waals surface area contributed by atoms with Crippen molar-refractivity contribution in [3.05, 3.63) is 21.0 Å². The van der Waals surface area contributed by atoms with Crippen LogP contribution in [0.25, 0.3) is 0 Å². The fourth-order valence-electron chi connectivity index (χ4n) is 0.805. The van der Waals surface area contributed by atoms with Gasteiger partial charge in [0.25, 0.3) is 6.43 Å². The third-order valence-electron chi connectivity index (χ3n) is 1.40. The Morgan fingerprint density at radius 3 is 2.69 bits per heavy atom. The molecule has 0 unspecified atom stereocenters. The molecule has 0 saturated carbocycles. The molecule has 13 heavy (non-hydrogen) atoms. The molecule has 0 amide bonds. The largest absolute Gasteiger partial charge is 0.397 e. The Hall–Kier alpha value is -0.790. The molecule has 1 rings (SSSR count). The highest BCUT2D eigenvalue weighted by atomic mass is 127. The molecule has 3 nitrogen and oxygen atoms in total. The maximum absolute atomic E-state index is 12.3. The third kappa shape index (κ3) is 2.11. The van der Waals surface area contributed by atoms with Crippen LogP contribution in [0.2, 0.25) is 0 Å². The summed E-state index contributed by atoms with van der Waals surface area (Å²) in [5.74, 6) is 0. The minimum atomic E-state index is -2.76. The SMILES string of the molecule is Nc1cc(C=O)c(C(F)F)nc1I. The summed E-state index contributed by atoms with van der Waals surface area (Å²) in [5.41, 5.74) is 4.94. The predicted molar refractivity (Wildman–Crippen MR) is 51.7 cm³/mol. The maximum Gasteiger partial charge on any atom is 0.281 e. The monoisotopic (exact) mass is 298 g/mol. The highest BCUT2D eigenvalue weighted by Crippen LogP contribution is 2.23. The average molecular weight is 298 g/mol. The number of nitrogens with zero attached hydrogens (tertiary/aromatic N) is 1. The lowest BCUT2D eigenvalue weighted by Gasteiger charge is -2.04. The van der Waals surface area contributed by atoms with Gasteiger partial charge in [0.15, 0.2) is 6.29 Å². The highest BCUT2D eigenvalue weighted by Gasteiger charge is 2.16. The summed E-state index contributed by atoms with van der Waals surface area (Å²) < 4.78 is 24.8. The summed E-state index contributed by atoms with van der Waals surface area (Å²) in [7, 11) is 0. The van der Waals surface area contributed by atoms with E-state index in [1.807, 2.05) is 0 Å². The Labute approximate surface area is 86.5 Å². The van der Waals surface area contributed by atoms with Crippen LogP contribution in [0.5, 0.6) is 0 Å². The zero-order valence-corrected chi connectivity index (χ0v) is 8.46. The van der Waals surface area contributed by atoms with E-state index >= 15 is 0 Å². The van der Waals surface area contributed by atoms with E-state index in [4.69, 9.17) is 5.73 Å². The number of aldehydes is 1. The van der Waals surface area contributed by atoms with Gasteiger partial charge in [-0.05, 0) is 28.7 Å². The summed E-state index contributed by atoms with van der Waals surface area (Å²) >= 11 is 1.73. The molecule has 0 saturated heterocycles. The molecule has 0 fully saturated rings. The molecule has 70 valence electrons. The van der Waals surface area contributed by atoms with Gasteiger partial charge in [-0.1, -0.05) is 0 Å². The second-order valence-electron chi connectivity index (χ2n) is 2.26. The lowest BCUT2D eigenvalue weighted by atomic mass is 10.2. The Kier molecular flexibility index (Phi) is 3.12. The van der Waals surface area contributed by atoms with Crippen molar-refractivity contribution in [2.24, 2.45) is 0 Å². The number of pyridine rings is 1. The minimum absolute atomic E-state index is 0.159. The van der Waals surface area contributed by atoms with Gasteiger partial charge in [0.2, 0.25) is 0 Å². The second kappa shape index (κ2) is 3.95. The number of aromatic nitrogens is 1. The zero-order chi connectivity index (χ0) is 10.0. The normalized spacial score (nSPS) is 10.5. The van der Waals surface area contributed by atoms with Crippen molar-refractivity contribution < 1.29 is 13.6 Å². The molecule has 1 heterocycles. The van der Waals surface area contributed by atoms with Crippen LogP contribution in [0.3, 0.4) is 0 Å². The van der Waals surface area contributed by atoms with Gasteiger partial charge in [-0.15, -0.1) is 0 Å². The van der Waals surface area contributed by atoms with Crippen molar-refractivity contribution >= 4 is 34.6 Å². The molecule has 0 aliphatic rings. The molecule has 0 aliphatic carbocycles. The maximum atomic E-state index is 12.3. The minimum Gasteiger partial charge on any atom is -0.397 e. The fourth-order valence-corrected chi connectivity index (χ4v) is 1.22. The van der Waals surface area contributed by atoms with Crippen LogP contribution in [-0.2, 0) is 0 Å². The fraction of sp³-hybridized carbons (Fsp3) is 0.143. The van der Waals surface area contributed by atoms with Crippen molar-refractivity contribution in [1.82, 2.24) is 4.98 Å². The molecule has 0 atom stereocenters. The van der Waals surface area contributed by atoms with Gasteiger partial charge in [0.1, 0.15) is 9.39 Å². The Bertz CT molecular complexity index is 344. The number of alkyl halides is 2. The van der Waals surface area contributed by atoms with Gasteiger partial charge in [0, 0.05) is 5.56 Å². The number of nitrogen functional groups attached to an aromatic ring is 1. The van der Waals surface area contributed by atoms with Crippen molar-refractivity contribution in [3.8, 4) is 0 Å². The molecule has 1 aromatic heterocycles. The predicted octanol–water partition coefficient (Wildman–Crippen LogP) is 2.02. The van der Waals surface area contributed by atoms with E-state index in [-0.39, 0.29) is 15.0 Å². The lowest BCUT2D eigenvalue weighted by molar-refractivity contribution is 0.110. The summed E-state index contributed by atoms with van der Waals surface area (Å²) in [4.78, 5) is 13.9. The summed E-state index contributed by atoms with van der Waals surface area (Å²) in [5, 5.41) is 0. The van der Waals surface area contributed by atoms with Gasteiger partial charge in [-0.25, -0.2) is 13.8 Å². The first-order valence-corrected chi connectivity index (χ1v) is 4.33. The van der Waals surface area contributed by atoms with E-state index in [1.54, 1.807) is 22.6 Å². The van der Waals surface area contributed by atoms with Crippen molar-refractivity contribution in [2.75, 3.05) is 5.73 Å². The van der Waals surface area contributed by atoms with E-state index in [1.165, 1.54) is 6.07 Å². The van der Waals surface area contributed by atoms with Crippen LogP contribution in [0, 0.1) is 3.70 Å². The second-order valence-corrected chi connectivity index (χ2v) is 3.28. The van der Waals surface area contributed by atoms with E-state index in [0.29, 0.717) is 6.29 Å². The number of carbonyl (C=O) groups excluding carboxylic acids is 1. The third-order valence-corrected chi connectivity index (χ3v) is 2.26. The summed E-state index contributed by atoms with van der Waals surface area (Å²) in [6.45, 7) is 0. The van der Waals surface area contributed by atoms with Gasteiger partial charge in [-0.3, -0.25) is 4.79 Å². The molecule has 0 spiro atoms. The molecule has 1 aromatic rings. The Morgan fingerprint density at radius 1 is 1.62 bits per heavy atom. The van der Waals surface area contributed by atoms with Crippen LogP contribution in [-0.4, -0.2) is 11.3 Å². The van der Waals surface area contributed by atoms with Crippen molar-refractivity contribution in [3.63, 3.8) is 0 Å². The molecular formula is C7H5F2IN2O. The molecule has 2 N–H and O–H groups in total. The molecule has 0 aromatic carbocycles. The Balaban J connectivity index is 3.32. The van der Waals surface area contributed by atoms with Gasteiger partial charge < -0.3 is 5.73 Å². The first-order chi connectivity index (χ1) is 6.06. The highest BCUT2D eigenvalue weighted by molar-refractivity contribution is 14.1. The standard InChI is InChI=1S/C7H5F2IN2O/c8-6(9)5-3(2-13)1-4(11)7(10)12-5/h1-2,6H,11H2. The van der Waals surface area contributed by atoms with E-state index < -0.39 is 12.1 Å². The first kappa shape index (κ1) is 10.3. The molecule has 0 bridgehead atoms. The smallest absolute Gasteiger partial charge is 0.281 e. The molecule has 0 radical (unpaired) electrons. The Morgan fingerprint density at radius 2 is 2.23 bits per heavy atom. The average Bonchev–Trinajstić information content (AvgIpc) is 2.08. The topological polar surface area (TPSA) is 56.0 Å². The summed E-state index contributed by atoms with van der Waals surface area (Å²) in [6.07, 6.45) is -2.43. The van der Waals surface area contributed by atoms with Crippen LogP contribution in [0.4, 0.5) is 14.5 Å². The van der Waals surface area contributed by atoms with Crippen molar-refractivity contribution in [2.45, 2.75) is 6.43 Å². The lowest BCUT2D eigenvalue weighted by Crippen LogP contribution is -2.03. The molecule has 0 aliphatic heterocycles. The van der Waals surface area contributed by atoms with Crippen LogP contribution < -0.4 is 5.73 Å². The summed E-state index contributed by atoms with van der Waals surface area (Å²) in [6, 6.07) is 1.20.